The molecule has 4 nitrogen and oxygen atoms in total. The van der Waals surface area contributed by atoms with Gasteiger partial charge < -0.3 is 10.1 Å². The standard InChI is InChI=1S/C12H9BrN2O2S/c1-6-11(13)18-12(14-6)7-2-3-9-8(4-7)15-10(16)5-17-9/h2-4H,5H2,1H3,(H,15,16). The zero-order valence-corrected chi connectivity index (χ0v) is 11.9. The fourth-order valence-electron chi connectivity index (χ4n) is 1.72. The summed E-state index contributed by atoms with van der Waals surface area (Å²) in [7, 11) is 0. The Morgan fingerprint density at radius 3 is 3.06 bits per heavy atom. The normalized spacial score (nSPS) is 13.8. The van der Waals surface area contributed by atoms with Gasteiger partial charge in [-0.25, -0.2) is 4.98 Å². The number of rotatable bonds is 1. The maximum atomic E-state index is 11.3. The van der Waals surface area contributed by atoms with Crippen LogP contribution in [0, 0.1) is 6.92 Å². The lowest BCUT2D eigenvalue weighted by molar-refractivity contribution is -0.118. The molecule has 0 spiro atoms. The Morgan fingerprint density at radius 1 is 1.50 bits per heavy atom. The van der Waals surface area contributed by atoms with Gasteiger partial charge in [0, 0.05) is 5.56 Å². The average molecular weight is 325 g/mol. The summed E-state index contributed by atoms with van der Waals surface area (Å²) < 4.78 is 6.34. The van der Waals surface area contributed by atoms with Gasteiger partial charge in [-0.1, -0.05) is 0 Å². The van der Waals surface area contributed by atoms with Crippen molar-refractivity contribution in [2.75, 3.05) is 11.9 Å². The smallest absolute Gasteiger partial charge is 0.262 e. The molecule has 1 aliphatic heterocycles. The lowest BCUT2D eigenvalue weighted by atomic mass is 10.2. The van der Waals surface area contributed by atoms with E-state index in [0.29, 0.717) is 11.4 Å². The molecule has 0 atom stereocenters. The molecule has 1 aliphatic rings. The fraction of sp³-hybridized carbons (Fsp3) is 0.167. The molecule has 0 unspecified atom stereocenters. The van der Waals surface area contributed by atoms with Gasteiger partial charge in [0.2, 0.25) is 0 Å². The number of nitrogens with zero attached hydrogens (tertiary/aromatic N) is 1. The molecular weight excluding hydrogens is 316 g/mol. The van der Waals surface area contributed by atoms with Gasteiger partial charge in [-0.3, -0.25) is 4.79 Å². The van der Waals surface area contributed by atoms with Crippen LogP contribution in [0.15, 0.2) is 22.0 Å². The van der Waals surface area contributed by atoms with Crippen molar-refractivity contribution in [2.45, 2.75) is 6.92 Å². The summed E-state index contributed by atoms with van der Waals surface area (Å²) in [5, 5.41) is 3.71. The molecule has 0 bridgehead atoms. The molecule has 1 N–H and O–H groups in total. The molecule has 2 aromatic rings. The minimum Gasteiger partial charge on any atom is -0.482 e. The van der Waals surface area contributed by atoms with Gasteiger partial charge in [0.25, 0.3) is 5.91 Å². The molecule has 18 heavy (non-hydrogen) atoms. The highest BCUT2D eigenvalue weighted by Crippen LogP contribution is 2.36. The van der Waals surface area contributed by atoms with Crippen LogP contribution in [0.3, 0.4) is 0 Å². The summed E-state index contributed by atoms with van der Waals surface area (Å²) in [6, 6.07) is 5.69. The predicted octanol–water partition coefficient (Wildman–Crippen LogP) is 3.21. The Bertz CT molecular complexity index is 620. The minimum absolute atomic E-state index is 0.0776. The van der Waals surface area contributed by atoms with Gasteiger partial charge in [-0.15, -0.1) is 11.3 Å². The van der Waals surface area contributed by atoms with E-state index in [0.717, 1.165) is 20.1 Å². The number of halogens is 1. The number of fused-ring (bicyclic) bond motifs is 1. The molecule has 92 valence electrons. The van der Waals surface area contributed by atoms with Crippen molar-refractivity contribution < 1.29 is 9.53 Å². The summed E-state index contributed by atoms with van der Waals surface area (Å²) in [5.74, 6) is 0.571. The van der Waals surface area contributed by atoms with Crippen LogP contribution in [-0.2, 0) is 4.79 Å². The summed E-state index contributed by atoms with van der Waals surface area (Å²) in [6.45, 7) is 2.03. The fourth-order valence-corrected chi connectivity index (χ4v) is 3.06. The number of hydrogen-bond acceptors (Lipinski definition) is 4. The average Bonchev–Trinajstić information content (AvgIpc) is 2.69. The van der Waals surface area contributed by atoms with Crippen molar-refractivity contribution >= 4 is 38.9 Å². The van der Waals surface area contributed by atoms with Crippen LogP contribution < -0.4 is 10.1 Å². The third-order valence-corrected chi connectivity index (χ3v) is 4.65. The summed E-state index contributed by atoms with van der Waals surface area (Å²) in [4.78, 5) is 15.7. The molecule has 3 rings (SSSR count). The molecule has 0 aliphatic carbocycles. The lowest BCUT2D eigenvalue weighted by Gasteiger charge is -2.18. The zero-order valence-electron chi connectivity index (χ0n) is 9.49. The van der Waals surface area contributed by atoms with E-state index in [2.05, 4.69) is 26.2 Å². The number of nitrogens with one attached hydrogen (secondary N) is 1. The van der Waals surface area contributed by atoms with Gasteiger partial charge in [0.05, 0.1) is 15.2 Å². The SMILES string of the molecule is Cc1nc(-c2ccc3c(c2)NC(=O)CO3)sc1Br. The monoisotopic (exact) mass is 324 g/mol. The first-order valence-electron chi connectivity index (χ1n) is 5.33. The molecule has 6 heteroatoms. The largest absolute Gasteiger partial charge is 0.482 e. The predicted molar refractivity (Wildman–Crippen MR) is 74.1 cm³/mol. The Hall–Kier alpha value is -1.40. The first-order chi connectivity index (χ1) is 8.63. The molecule has 0 saturated heterocycles. The van der Waals surface area contributed by atoms with Crippen molar-refractivity contribution in [3.05, 3.63) is 27.7 Å². The second-order valence-corrected chi connectivity index (χ2v) is 6.24. The number of aryl methyl sites for hydroxylation is 1. The molecule has 0 saturated carbocycles. The number of amides is 1. The van der Waals surface area contributed by atoms with E-state index < -0.39 is 0 Å². The van der Waals surface area contributed by atoms with E-state index in [1.807, 2.05) is 25.1 Å². The van der Waals surface area contributed by atoms with E-state index >= 15 is 0 Å². The second kappa shape index (κ2) is 4.37. The van der Waals surface area contributed by atoms with Crippen LogP contribution in [0.2, 0.25) is 0 Å². The summed E-state index contributed by atoms with van der Waals surface area (Å²) >= 11 is 5.03. The van der Waals surface area contributed by atoms with E-state index in [1.165, 1.54) is 0 Å². The number of ether oxygens (including phenoxy) is 1. The van der Waals surface area contributed by atoms with Crippen molar-refractivity contribution in [1.82, 2.24) is 4.98 Å². The van der Waals surface area contributed by atoms with Crippen molar-refractivity contribution in [3.63, 3.8) is 0 Å². The first kappa shape index (κ1) is 11.7. The molecule has 2 heterocycles. The highest BCUT2D eigenvalue weighted by molar-refractivity contribution is 9.11. The molecule has 0 radical (unpaired) electrons. The van der Waals surface area contributed by atoms with E-state index in [1.54, 1.807) is 11.3 Å². The third kappa shape index (κ3) is 2.02. The van der Waals surface area contributed by atoms with E-state index in [9.17, 15) is 4.79 Å². The number of carbonyl (C=O) groups is 1. The highest BCUT2D eigenvalue weighted by atomic mass is 79.9. The molecule has 1 aromatic carbocycles. The van der Waals surface area contributed by atoms with Crippen LogP contribution in [-0.4, -0.2) is 17.5 Å². The first-order valence-corrected chi connectivity index (χ1v) is 6.94. The van der Waals surface area contributed by atoms with Gasteiger partial charge in [0.1, 0.15) is 10.8 Å². The van der Waals surface area contributed by atoms with Crippen LogP contribution in [0.5, 0.6) is 5.75 Å². The molecular formula is C12H9BrN2O2S. The van der Waals surface area contributed by atoms with E-state index in [-0.39, 0.29) is 12.5 Å². The van der Waals surface area contributed by atoms with Crippen LogP contribution >= 0.6 is 27.3 Å². The number of thiazole rings is 1. The number of aromatic nitrogens is 1. The highest BCUT2D eigenvalue weighted by Gasteiger charge is 2.17. The maximum Gasteiger partial charge on any atom is 0.262 e. The Labute approximate surface area is 116 Å². The van der Waals surface area contributed by atoms with Gasteiger partial charge in [0.15, 0.2) is 6.61 Å². The number of benzene rings is 1. The maximum absolute atomic E-state index is 11.3. The van der Waals surface area contributed by atoms with Crippen molar-refractivity contribution in [2.24, 2.45) is 0 Å². The quantitative estimate of drug-likeness (QED) is 0.876. The third-order valence-electron chi connectivity index (χ3n) is 2.60. The van der Waals surface area contributed by atoms with Crippen LogP contribution in [0.25, 0.3) is 10.6 Å². The van der Waals surface area contributed by atoms with Crippen LogP contribution in [0.4, 0.5) is 5.69 Å². The van der Waals surface area contributed by atoms with Gasteiger partial charge in [-0.05, 0) is 41.1 Å². The van der Waals surface area contributed by atoms with Crippen molar-refractivity contribution in [1.29, 1.82) is 0 Å². The second-order valence-electron chi connectivity index (χ2n) is 3.93. The minimum atomic E-state index is -0.129. The van der Waals surface area contributed by atoms with Gasteiger partial charge in [-0.2, -0.15) is 0 Å². The Balaban J connectivity index is 2.04. The summed E-state index contributed by atoms with van der Waals surface area (Å²) in [6.07, 6.45) is 0. The number of carbonyl (C=O) groups excluding carboxylic acids is 1. The molecule has 0 fully saturated rings. The Kier molecular flexibility index (Phi) is 2.83. The van der Waals surface area contributed by atoms with Crippen LogP contribution in [0.1, 0.15) is 5.69 Å². The van der Waals surface area contributed by atoms with Crippen molar-refractivity contribution in [3.8, 4) is 16.3 Å². The lowest BCUT2D eigenvalue weighted by Crippen LogP contribution is -2.25. The molecule has 1 amide bonds. The molecule has 1 aromatic heterocycles. The zero-order chi connectivity index (χ0) is 12.7. The van der Waals surface area contributed by atoms with E-state index in [4.69, 9.17) is 4.74 Å². The number of anilines is 1. The topological polar surface area (TPSA) is 51.2 Å². The number of hydrogen-bond donors (Lipinski definition) is 1. The van der Waals surface area contributed by atoms with Gasteiger partial charge >= 0.3 is 0 Å². The Morgan fingerprint density at radius 2 is 2.33 bits per heavy atom. The summed E-state index contributed by atoms with van der Waals surface area (Å²) in [5.41, 5.74) is 2.64.